The SMILES string of the molecule is Cc1ccc(-n2nc(C(=O)NCCCOc3ccccc3F)c3c2CCC3)cc1. The number of rotatable bonds is 7. The third-order valence-corrected chi connectivity index (χ3v) is 5.12. The van der Waals surface area contributed by atoms with E-state index in [0.29, 0.717) is 25.3 Å². The lowest BCUT2D eigenvalue weighted by Gasteiger charge is -2.08. The van der Waals surface area contributed by atoms with E-state index in [4.69, 9.17) is 4.74 Å². The zero-order chi connectivity index (χ0) is 20.2. The first-order valence-corrected chi connectivity index (χ1v) is 9.97. The average Bonchev–Trinajstić information content (AvgIpc) is 3.32. The van der Waals surface area contributed by atoms with Gasteiger partial charge in [0, 0.05) is 17.8 Å². The fourth-order valence-corrected chi connectivity index (χ4v) is 3.62. The number of nitrogens with one attached hydrogen (secondary N) is 1. The van der Waals surface area contributed by atoms with Crippen molar-refractivity contribution in [2.75, 3.05) is 13.2 Å². The summed E-state index contributed by atoms with van der Waals surface area (Å²) in [6.45, 7) is 2.82. The van der Waals surface area contributed by atoms with Crippen molar-refractivity contribution in [1.82, 2.24) is 15.1 Å². The standard InChI is InChI=1S/C23H24FN3O2/c1-16-10-12-17(13-11-16)27-20-8-4-6-18(20)22(26-27)23(28)25-14-5-15-29-21-9-3-2-7-19(21)24/h2-3,7,9-13H,4-6,8,14-15H2,1H3,(H,25,28). The molecule has 1 aliphatic carbocycles. The molecule has 0 fully saturated rings. The van der Waals surface area contributed by atoms with Gasteiger partial charge in [0.25, 0.3) is 5.91 Å². The van der Waals surface area contributed by atoms with Crippen LogP contribution < -0.4 is 10.1 Å². The van der Waals surface area contributed by atoms with Gasteiger partial charge in [0.05, 0.1) is 12.3 Å². The third kappa shape index (κ3) is 4.16. The number of benzene rings is 2. The highest BCUT2D eigenvalue weighted by atomic mass is 19.1. The van der Waals surface area contributed by atoms with Crippen LogP contribution in [0.25, 0.3) is 5.69 Å². The number of nitrogens with zero attached hydrogens (tertiary/aromatic N) is 2. The van der Waals surface area contributed by atoms with E-state index in [-0.39, 0.29) is 17.5 Å². The Labute approximate surface area is 169 Å². The Balaban J connectivity index is 1.37. The zero-order valence-corrected chi connectivity index (χ0v) is 16.5. The van der Waals surface area contributed by atoms with Crippen molar-refractivity contribution in [1.29, 1.82) is 0 Å². The molecule has 4 rings (SSSR count). The summed E-state index contributed by atoms with van der Waals surface area (Å²) >= 11 is 0. The molecule has 0 radical (unpaired) electrons. The average molecular weight is 393 g/mol. The number of halogens is 1. The first-order chi connectivity index (χ1) is 14.1. The van der Waals surface area contributed by atoms with E-state index in [2.05, 4.69) is 10.4 Å². The normalized spacial score (nSPS) is 12.6. The summed E-state index contributed by atoms with van der Waals surface area (Å²) in [6, 6.07) is 14.5. The van der Waals surface area contributed by atoms with Crippen LogP contribution in [0.2, 0.25) is 0 Å². The van der Waals surface area contributed by atoms with Crippen molar-refractivity contribution < 1.29 is 13.9 Å². The Kier molecular flexibility index (Phi) is 5.60. The molecule has 0 aliphatic heterocycles. The molecule has 1 aromatic heterocycles. The topological polar surface area (TPSA) is 56.2 Å². The molecular weight excluding hydrogens is 369 g/mol. The number of aromatic nitrogens is 2. The van der Waals surface area contributed by atoms with Crippen molar-refractivity contribution in [3.8, 4) is 11.4 Å². The molecule has 1 heterocycles. The van der Waals surface area contributed by atoms with Gasteiger partial charge in [-0.3, -0.25) is 4.79 Å². The molecule has 2 aromatic carbocycles. The number of aryl methyl sites for hydroxylation is 1. The van der Waals surface area contributed by atoms with Gasteiger partial charge in [-0.2, -0.15) is 5.10 Å². The molecule has 150 valence electrons. The molecular formula is C23H24FN3O2. The Hall–Kier alpha value is -3.15. The molecule has 0 saturated carbocycles. The summed E-state index contributed by atoms with van der Waals surface area (Å²) in [6.07, 6.45) is 3.43. The lowest BCUT2D eigenvalue weighted by molar-refractivity contribution is 0.0945. The van der Waals surface area contributed by atoms with Crippen LogP contribution in [0.5, 0.6) is 5.75 Å². The molecule has 0 bridgehead atoms. The summed E-state index contributed by atoms with van der Waals surface area (Å²) in [5, 5.41) is 7.53. The van der Waals surface area contributed by atoms with Gasteiger partial charge in [-0.15, -0.1) is 0 Å². The smallest absolute Gasteiger partial charge is 0.272 e. The molecule has 0 spiro atoms. The largest absolute Gasteiger partial charge is 0.490 e. The molecule has 3 aromatic rings. The van der Waals surface area contributed by atoms with E-state index in [9.17, 15) is 9.18 Å². The predicted octanol–water partition coefficient (Wildman–Crippen LogP) is 4.01. The molecule has 1 amide bonds. The van der Waals surface area contributed by atoms with Crippen LogP contribution >= 0.6 is 0 Å². The van der Waals surface area contributed by atoms with Crippen molar-refractivity contribution >= 4 is 5.91 Å². The maximum Gasteiger partial charge on any atom is 0.272 e. The first kappa shape index (κ1) is 19.2. The Morgan fingerprint density at radius 1 is 1.17 bits per heavy atom. The number of amides is 1. The molecule has 0 saturated heterocycles. The van der Waals surface area contributed by atoms with Crippen LogP contribution in [-0.2, 0) is 12.8 Å². The quantitative estimate of drug-likeness (QED) is 0.617. The van der Waals surface area contributed by atoms with Gasteiger partial charge in [-0.25, -0.2) is 9.07 Å². The third-order valence-electron chi connectivity index (χ3n) is 5.12. The van der Waals surface area contributed by atoms with Crippen LogP contribution in [0.4, 0.5) is 4.39 Å². The maximum absolute atomic E-state index is 13.5. The number of para-hydroxylation sites is 1. The second-order valence-corrected chi connectivity index (χ2v) is 7.26. The van der Waals surface area contributed by atoms with Gasteiger partial charge >= 0.3 is 0 Å². The van der Waals surface area contributed by atoms with Crippen LogP contribution in [0.1, 0.15) is 40.2 Å². The second kappa shape index (κ2) is 8.47. The monoisotopic (exact) mass is 393 g/mol. The van der Waals surface area contributed by atoms with E-state index in [1.165, 1.54) is 11.6 Å². The predicted molar refractivity (Wildman–Crippen MR) is 109 cm³/mol. The number of carbonyl (C=O) groups excluding carboxylic acids is 1. The lowest BCUT2D eigenvalue weighted by atomic mass is 10.2. The van der Waals surface area contributed by atoms with Crippen LogP contribution in [-0.4, -0.2) is 28.8 Å². The van der Waals surface area contributed by atoms with Crippen molar-refractivity contribution in [2.45, 2.75) is 32.6 Å². The number of carbonyl (C=O) groups is 1. The first-order valence-electron chi connectivity index (χ1n) is 9.97. The van der Waals surface area contributed by atoms with Crippen LogP contribution in [0, 0.1) is 12.7 Å². The summed E-state index contributed by atoms with van der Waals surface area (Å²) in [5.74, 6) is -0.317. The fourth-order valence-electron chi connectivity index (χ4n) is 3.62. The van der Waals surface area contributed by atoms with Gasteiger partial charge in [0.15, 0.2) is 17.3 Å². The molecule has 5 nitrogen and oxygen atoms in total. The maximum atomic E-state index is 13.5. The van der Waals surface area contributed by atoms with Crippen molar-refractivity contribution in [3.05, 3.63) is 76.9 Å². The van der Waals surface area contributed by atoms with E-state index in [0.717, 1.165) is 36.2 Å². The van der Waals surface area contributed by atoms with E-state index < -0.39 is 0 Å². The van der Waals surface area contributed by atoms with E-state index >= 15 is 0 Å². The lowest BCUT2D eigenvalue weighted by Crippen LogP contribution is -2.27. The van der Waals surface area contributed by atoms with Gasteiger partial charge in [0.2, 0.25) is 0 Å². The Morgan fingerprint density at radius 2 is 1.97 bits per heavy atom. The fraction of sp³-hybridized carbons (Fsp3) is 0.304. The molecule has 0 unspecified atom stereocenters. The number of hydrogen-bond acceptors (Lipinski definition) is 3. The van der Waals surface area contributed by atoms with E-state index in [1.807, 2.05) is 35.9 Å². The zero-order valence-electron chi connectivity index (χ0n) is 16.5. The van der Waals surface area contributed by atoms with E-state index in [1.54, 1.807) is 18.2 Å². The van der Waals surface area contributed by atoms with Gasteiger partial charge < -0.3 is 10.1 Å². The molecule has 29 heavy (non-hydrogen) atoms. The summed E-state index contributed by atoms with van der Waals surface area (Å²) in [7, 11) is 0. The minimum Gasteiger partial charge on any atom is -0.490 e. The highest BCUT2D eigenvalue weighted by molar-refractivity contribution is 5.94. The van der Waals surface area contributed by atoms with Gasteiger partial charge in [0.1, 0.15) is 0 Å². The molecule has 6 heteroatoms. The number of ether oxygens (including phenoxy) is 1. The molecule has 1 aliphatic rings. The van der Waals surface area contributed by atoms with Crippen molar-refractivity contribution in [3.63, 3.8) is 0 Å². The Bertz CT molecular complexity index is 1010. The Morgan fingerprint density at radius 3 is 2.76 bits per heavy atom. The van der Waals surface area contributed by atoms with Gasteiger partial charge in [-0.05, 0) is 56.9 Å². The van der Waals surface area contributed by atoms with Crippen molar-refractivity contribution in [2.24, 2.45) is 0 Å². The highest BCUT2D eigenvalue weighted by Gasteiger charge is 2.26. The number of hydrogen-bond donors (Lipinski definition) is 1. The number of fused-ring (bicyclic) bond motifs is 1. The second-order valence-electron chi connectivity index (χ2n) is 7.26. The summed E-state index contributed by atoms with van der Waals surface area (Å²) in [4.78, 5) is 12.7. The molecule has 0 atom stereocenters. The van der Waals surface area contributed by atoms with Gasteiger partial charge in [-0.1, -0.05) is 29.8 Å². The van der Waals surface area contributed by atoms with Crippen LogP contribution in [0.3, 0.4) is 0 Å². The molecule has 1 N–H and O–H groups in total. The summed E-state index contributed by atoms with van der Waals surface area (Å²) in [5.41, 5.74) is 4.85. The summed E-state index contributed by atoms with van der Waals surface area (Å²) < 4.78 is 20.9. The van der Waals surface area contributed by atoms with Crippen LogP contribution in [0.15, 0.2) is 48.5 Å². The minimum atomic E-state index is -0.381. The minimum absolute atomic E-state index is 0.167. The highest BCUT2D eigenvalue weighted by Crippen LogP contribution is 2.28.